The molecule has 0 aliphatic rings. The quantitative estimate of drug-likeness (QED) is 0.154. The summed E-state index contributed by atoms with van der Waals surface area (Å²) in [4.78, 5) is 37.3. The molecule has 0 fully saturated rings. The first kappa shape index (κ1) is 28.5. The number of hydrazone groups is 1. The zero-order valence-electron chi connectivity index (χ0n) is 20.5. The second-order valence-corrected chi connectivity index (χ2v) is 8.82. The summed E-state index contributed by atoms with van der Waals surface area (Å²) in [6.45, 7) is -0.357. The molecule has 3 aromatic rings. The number of nitrogens with one attached hydrogen (secondary N) is 2. The number of rotatable bonds is 10. The molecule has 2 N–H and O–H groups in total. The van der Waals surface area contributed by atoms with Crippen molar-refractivity contribution in [2.45, 2.75) is 0 Å². The molecule has 0 heterocycles. The van der Waals surface area contributed by atoms with Crippen LogP contribution in [-0.2, 0) is 4.79 Å². The molecule has 0 aliphatic carbocycles. The molecule has 0 unspecified atom stereocenters. The van der Waals surface area contributed by atoms with Crippen molar-refractivity contribution in [1.82, 2.24) is 10.7 Å². The lowest BCUT2D eigenvalue weighted by Crippen LogP contribution is -2.35. The van der Waals surface area contributed by atoms with Crippen LogP contribution in [0.2, 0.25) is 5.02 Å². The second-order valence-electron chi connectivity index (χ2n) is 7.47. The number of hydrogen-bond donors (Lipinski definition) is 2. The fourth-order valence-electron chi connectivity index (χ4n) is 3.15. The fraction of sp³-hybridized carbons (Fsp3) is 0.154. The van der Waals surface area contributed by atoms with Crippen LogP contribution in [0.15, 0.2) is 64.2 Å². The van der Waals surface area contributed by atoms with Gasteiger partial charge in [0.1, 0.15) is 5.75 Å². The van der Waals surface area contributed by atoms with Gasteiger partial charge in [-0.25, -0.2) is 10.2 Å². The molecule has 198 valence electrons. The standard InChI is InChI=1S/C26H23BrClN3O7/c1-35-21-11-16(12-22(36-2)24(21)37-3)25(33)29-14-23(32)31-30-13-17-10-18(27)6-9-20(17)38-26(34)15-4-7-19(28)8-5-15/h4-13H,14H2,1-3H3,(H,29,33)(H,31,32)/b30-13+. The van der Waals surface area contributed by atoms with E-state index in [9.17, 15) is 14.4 Å². The van der Waals surface area contributed by atoms with Crippen molar-refractivity contribution >= 4 is 51.5 Å². The normalized spacial score (nSPS) is 10.6. The van der Waals surface area contributed by atoms with E-state index in [0.717, 1.165) is 0 Å². The fourth-order valence-corrected chi connectivity index (χ4v) is 3.65. The Hall–Kier alpha value is -4.09. The lowest BCUT2D eigenvalue weighted by molar-refractivity contribution is -0.120. The van der Waals surface area contributed by atoms with Gasteiger partial charge in [-0.05, 0) is 54.6 Å². The number of esters is 1. The van der Waals surface area contributed by atoms with Crippen LogP contribution in [0.4, 0.5) is 0 Å². The highest BCUT2D eigenvalue weighted by Gasteiger charge is 2.17. The molecule has 2 amide bonds. The summed E-state index contributed by atoms with van der Waals surface area (Å²) >= 11 is 9.21. The summed E-state index contributed by atoms with van der Waals surface area (Å²) < 4.78 is 21.9. The lowest BCUT2D eigenvalue weighted by atomic mass is 10.1. The average molecular weight is 605 g/mol. The van der Waals surface area contributed by atoms with Crippen LogP contribution in [0.25, 0.3) is 0 Å². The number of carbonyl (C=O) groups is 3. The van der Waals surface area contributed by atoms with Gasteiger partial charge in [-0.2, -0.15) is 5.10 Å². The summed E-state index contributed by atoms with van der Waals surface area (Å²) in [5, 5.41) is 6.89. The maximum absolute atomic E-state index is 12.6. The number of ether oxygens (including phenoxy) is 4. The predicted molar refractivity (Wildman–Crippen MR) is 145 cm³/mol. The molecular weight excluding hydrogens is 582 g/mol. The smallest absolute Gasteiger partial charge is 0.343 e. The Morgan fingerprint density at radius 3 is 2.16 bits per heavy atom. The van der Waals surface area contributed by atoms with Gasteiger partial charge in [0, 0.05) is 20.6 Å². The Bertz CT molecular complexity index is 1340. The molecule has 0 bridgehead atoms. The zero-order valence-corrected chi connectivity index (χ0v) is 22.9. The van der Waals surface area contributed by atoms with Crippen LogP contribution in [0.5, 0.6) is 23.0 Å². The minimum atomic E-state index is -0.586. The van der Waals surface area contributed by atoms with E-state index in [1.807, 2.05) is 0 Å². The van der Waals surface area contributed by atoms with Gasteiger partial charge in [0.15, 0.2) is 11.5 Å². The molecule has 10 nitrogen and oxygen atoms in total. The van der Waals surface area contributed by atoms with Gasteiger partial charge in [-0.15, -0.1) is 0 Å². The van der Waals surface area contributed by atoms with Crippen molar-refractivity contribution in [2.24, 2.45) is 5.10 Å². The van der Waals surface area contributed by atoms with Crippen molar-refractivity contribution in [3.8, 4) is 23.0 Å². The molecule has 3 aromatic carbocycles. The minimum absolute atomic E-state index is 0.206. The minimum Gasteiger partial charge on any atom is -0.493 e. The van der Waals surface area contributed by atoms with Crippen LogP contribution in [-0.4, -0.2) is 51.9 Å². The van der Waals surface area contributed by atoms with Crippen LogP contribution >= 0.6 is 27.5 Å². The topological polar surface area (TPSA) is 125 Å². The van der Waals surface area contributed by atoms with Crippen molar-refractivity contribution in [1.29, 1.82) is 0 Å². The van der Waals surface area contributed by atoms with E-state index >= 15 is 0 Å². The van der Waals surface area contributed by atoms with Crippen LogP contribution in [0, 0.1) is 0 Å². The molecule has 0 spiro atoms. The van der Waals surface area contributed by atoms with E-state index in [-0.39, 0.29) is 17.9 Å². The Morgan fingerprint density at radius 1 is 0.895 bits per heavy atom. The second kappa shape index (κ2) is 13.5. The third kappa shape index (κ3) is 7.46. The molecule has 12 heteroatoms. The average Bonchev–Trinajstić information content (AvgIpc) is 2.92. The van der Waals surface area contributed by atoms with Gasteiger partial charge in [0.2, 0.25) is 5.75 Å². The lowest BCUT2D eigenvalue weighted by Gasteiger charge is -2.14. The van der Waals surface area contributed by atoms with Crippen molar-refractivity contribution < 1.29 is 33.3 Å². The first-order valence-electron chi connectivity index (χ1n) is 10.9. The van der Waals surface area contributed by atoms with E-state index in [0.29, 0.717) is 37.9 Å². The summed E-state index contributed by atoms with van der Waals surface area (Å²) in [6.07, 6.45) is 1.31. The Balaban J connectivity index is 1.61. The van der Waals surface area contributed by atoms with Crippen molar-refractivity contribution in [3.05, 3.63) is 80.8 Å². The van der Waals surface area contributed by atoms with E-state index in [1.54, 1.807) is 42.5 Å². The number of amides is 2. The highest BCUT2D eigenvalue weighted by atomic mass is 79.9. The van der Waals surface area contributed by atoms with Gasteiger partial charge >= 0.3 is 5.97 Å². The molecule has 0 aromatic heterocycles. The molecule has 0 radical (unpaired) electrons. The maximum Gasteiger partial charge on any atom is 0.343 e. The van der Waals surface area contributed by atoms with Gasteiger partial charge in [-0.1, -0.05) is 27.5 Å². The summed E-state index contributed by atoms with van der Waals surface area (Å²) in [7, 11) is 4.31. The zero-order chi connectivity index (χ0) is 27.7. The highest BCUT2D eigenvalue weighted by molar-refractivity contribution is 9.10. The summed E-state index contributed by atoms with van der Waals surface area (Å²) in [6, 6.07) is 14.1. The Morgan fingerprint density at radius 2 is 1.55 bits per heavy atom. The predicted octanol–water partition coefficient (Wildman–Crippen LogP) is 4.23. The number of halogens is 2. The van der Waals surface area contributed by atoms with Crippen LogP contribution in [0.1, 0.15) is 26.3 Å². The SMILES string of the molecule is COc1cc(C(=O)NCC(=O)N/N=C/c2cc(Br)ccc2OC(=O)c2ccc(Cl)cc2)cc(OC)c1OC. The number of nitrogens with zero attached hydrogens (tertiary/aromatic N) is 1. The monoisotopic (exact) mass is 603 g/mol. The van der Waals surface area contributed by atoms with Crippen molar-refractivity contribution in [3.63, 3.8) is 0 Å². The third-order valence-electron chi connectivity index (χ3n) is 4.98. The van der Waals surface area contributed by atoms with E-state index in [2.05, 4.69) is 31.8 Å². The number of hydrogen-bond acceptors (Lipinski definition) is 8. The molecular formula is C26H23BrClN3O7. The third-order valence-corrected chi connectivity index (χ3v) is 5.73. The first-order chi connectivity index (χ1) is 18.2. The number of carbonyl (C=O) groups excluding carboxylic acids is 3. The van der Waals surface area contributed by atoms with Crippen molar-refractivity contribution in [2.75, 3.05) is 27.9 Å². The molecule has 0 saturated heterocycles. The largest absolute Gasteiger partial charge is 0.493 e. The van der Waals surface area contributed by atoms with E-state index in [4.69, 9.17) is 30.5 Å². The summed E-state index contributed by atoms with van der Waals surface area (Å²) in [5.74, 6) is -0.549. The molecule has 3 rings (SSSR count). The molecule has 0 saturated carbocycles. The Kier molecular flexibility index (Phi) is 10.1. The maximum atomic E-state index is 12.6. The highest BCUT2D eigenvalue weighted by Crippen LogP contribution is 2.38. The Labute approximate surface area is 232 Å². The number of benzene rings is 3. The molecule has 0 atom stereocenters. The first-order valence-corrected chi connectivity index (χ1v) is 12.1. The van der Waals surface area contributed by atoms with E-state index < -0.39 is 17.8 Å². The van der Waals surface area contributed by atoms with Crippen LogP contribution < -0.4 is 29.7 Å². The van der Waals surface area contributed by atoms with Gasteiger partial charge in [0.05, 0.1) is 39.7 Å². The molecule has 38 heavy (non-hydrogen) atoms. The summed E-state index contributed by atoms with van der Waals surface area (Å²) in [5.41, 5.74) is 3.26. The molecule has 0 aliphatic heterocycles. The number of methoxy groups -OCH3 is 3. The van der Waals surface area contributed by atoms with Crippen LogP contribution in [0.3, 0.4) is 0 Å². The van der Waals surface area contributed by atoms with Gasteiger partial charge < -0.3 is 24.3 Å². The van der Waals surface area contributed by atoms with Gasteiger partial charge in [0.25, 0.3) is 11.8 Å². The van der Waals surface area contributed by atoms with E-state index in [1.165, 1.54) is 39.7 Å². The van der Waals surface area contributed by atoms with Gasteiger partial charge in [-0.3, -0.25) is 9.59 Å².